The molecule has 0 aliphatic carbocycles. The highest BCUT2D eigenvalue weighted by Gasteiger charge is 2.12. The lowest BCUT2D eigenvalue weighted by Crippen LogP contribution is -2.13. The van der Waals surface area contributed by atoms with Crippen molar-refractivity contribution in [3.8, 4) is 5.75 Å². The monoisotopic (exact) mass is 274 g/mol. The van der Waals surface area contributed by atoms with Crippen molar-refractivity contribution in [2.24, 2.45) is 5.73 Å². The van der Waals surface area contributed by atoms with E-state index in [9.17, 15) is 9.90 Å². The summed E-state index contributed by atoms with van der Waals surface area (Å²) in [4.78, 5) is 16.1. The zero-order chi connectivity index (χ0) is 14.7. The zero-order valence-electron chi connectivity index (χ0n) is 11.6. The molecule has 2 rings (SSSR count). The minimum atomic E-state index is -0.283. The standard InChI is InChI=1S/C14H18N4O2/c1-9-6-13(19)10(2)5-11(9)17-14(20)12-7-18(4-3-15)8-16-12/h5-8,19H,3-4,15H2,1-2H3,(H,17,20). The summed E-state index contributed by atoms with van der Waals surface area (Å²) in [6, 6.07) is 3.36. The van der Waals surface area contributed by atoms with Crippen LogP contribution in [0.15, 0.2) is 24.7 Å². The first-order valence-corrected chi connectivity index (χ1v) is 6.34. The average Bonchev–Trinajstić information content (AvgIpc) is 2.85. The summed E-state index contributed by atoms with van der Waals surface area (Å²) in [5, 5.41) is 12.4. The molecule has 6 nitrogen and oxygen atoms in total. The third-order valence-corrected chi connectivity index (χ3v) is 3.04. The largest absolute Gasteiger partial charge is 0.508 e. The number of rotatable bonds is 4. The number of imidazole rings is 1. The molecule has 0 saturated carbocycles. The van der Waals surface area contributed by atoms with E-state index in [1.807, 2.05) is 6.92 Å². The molecule has 0 bridgehead atoms. The van der Waals surface area contributed by atoms with Crippen LogP contribution in [0.1, 0.15) is 21.6 Å². The van der Waals surface area contributed by atoms with Crippen molar-refractivity contribution >= 4 is 11.6 Å². The molecule has 20 heavy (non-hydrogen) atoms. The van der Waals surface area contributed by atoms with E-state index in [0.29, 0.717) is 30.0 Å². The van der Waals surface area contributed by atoms with E-state index in [-0.39, 0.29) is 11.7 Å². The number of phenolic OH excluding ortho intramolecular Hbond substituents is 1. The Morgan fingerprint density at radius 3 is 2.85 bits per heavy atom. The maximum Gasteiger partial charge on any atom is 0.275 e. The van der Waals surface area contributed by atoms with Gasteiger partial charge >= 0.3 is 0 Å². The Morgan fingerprint density at radius 1 is 1.40 bits per heavy atom. The first-order valence-electron chi connectivity index (χ1n) is 6.34. The Labute approximate surface area is 117 Å². The predicted octanol–water partition coefficient (Wildman–Crippen LogP) is 1.42. The van der Waals surface area contributed by atoms with Gasteiger partial charge in [0.25, 0.3) is 5.91 Å². The van der Waals surface area contributed by atoms with Crippen molar-refractivity contribution in [3.63, 3.8) is 0 Å². The fourth-order valence-electron chi connectivity index (χ4n) is 1.87. The van der Waals surface area contributed by atoms with Gasteiger partial charge in [-0.2, -0.15) is 0 Å². The fraction of sp³-hybridized carbons (Fsp3) is 0.286. The number of aromatic hydroxyl groups is 1. The van der Waals surface area contributed by atoms with E-state index in [1.165, 1.54) is 0 Å². The van der Waals surface area contributed by atoms with Gasteiger partial charge in [0.15, 0.2) is 0 Å². The van der Waals surface area contributed by atoms with Crippen LogP contribution in [0.4, 0.5) is 5.69 Å². The molecule has 0 unspecified atom stereocenters. The van der Waals surface area contributed by atoms with Crippen molar-refractivity contribution in [1.82, 2.24) is 9.55 Å². The number of aromatic nitrogens is 2. The van der Waals surface area contributed by atoms with Gasteiger partial charge in [-0.25, -0.2) is 4.98 Å². The minimum Gasteiger partial charge on any atom is -0.508 e. The van der Waals surface area contributed by atoms with Gasteiger partial charge in [0, 0.05) is 25.0 Å². The van der Waals surface area contributed by atoms with Crippen molar-refractivity contribution < 1.29 is 9.90 Å². The number of hydrogen-bond donors (Lipinski definition) is 3. The van der Waals surface area contributed by atoms with E-state index in [4.69, 9.17) is 5.73 Å². The van der Waals surface area contributed by atoms with E-state index in [1.54, 1.807) is 36.1 Å². The normalized spacial score (nSPS) is 10.6. The fourth-order valence-corrected chi connectivity index (χ4v) is 1.87. The van der Waals surface area contributed by atoms with Crippen LogP contribution in [-0.2, 0) is 6.54 Å². The summed E-state index contributed by atoms with van der Waals surface area (Å²) >= 11 is 0. The van der Waals surface area contributed by atoms with Gasteiger partial charge in [0.05, 0.1) is 6.33 Å². The number of amides is 1. The quantitative estimate of drug-likeness (QED) is 0.735. The highest BCUT2D eigenvalue weighted by atomic mass is 16.3. The minimum absolute atomic E-state index is 0.215. The molecule has 0 saturated heterocycles. The molecule has 0 aliphatic rings. The number of carbonyl (C=O) groups excluding carboxylic acids is 1. The summed E-state index contributed by atoms with van der Waals surface area (Å²) < 4.78 is 1.77. The smallest absolute Gasteiger partial charge is 0.275 e. The number of nitrogens with zero attached hydrogens (tertiary/aromatic N) is 2. The third kappa shape index (κ3) is 2.97. The lowest BCUT2D eigenvalue weighted by molar-refractivity contribution is 0.102. The van der Waals surface area contributed by atoms with Crippen molar-refractivity contribution in [3.05, 3.63) is 41.5 Å². The molecular formula is C14H18N4O2. The lowest BCUT2D eigenvalue weighted by Gasteiger charge is -2.09. The van der Waals surface area contributed by atoms with Crippen LogP contribution in [0.2, 0.25) is 0 Å². The van der Waals surface area contributed by atoms with Crippen LogP contribution in [0.5, 0.6) is 5.75 Å². The van der Waals surface area contributed by atoms with Crippen LogP contribution < -0.4 is 11.1 Å². The SMILES string of the molecule is Cc1cc(NC(=O)c2cn(CCN)cn2)c(C)cc1O. The average molecular weight is 274 g/mol. The summed E-state index contributed by atoms with van der Waals surface area (Å²) in [7, 11) is 0. The van der Waals surface area contributed by atoms with Gasteiger partial charge in [0.1, 0.15) is 11.4 Å². The second-order valence-electron chi connectivity index (χ2n) is 4.69. The number of carbonyl (C=O) groups is 1. The van der Waals surface area contributed by atoms with E-state index >= 15 is 0 Å². The molecule has 106 valence electrons. The number of nitrogens with one attached hydrogen (secondary N) is 1. The van der Waals surface area contributed by atoms with Gasteiger partial charge in [-0.05, 0) is 37.1 Å². The van der Waals surface area contributed by atoms with Crippen LogP contribution in [0, 0.1) is 13.8 Å². The second kappa shape index (κ2) is 5.75. The van der Waals surface area contributed by atoms with E-state index in [0.717, 1.165) is 5.56 Å². The topological polar surface area (TPSA) is 93.2 Å². The van der Waals surface area contributed by atoms with Gasteiger partial charge in [0.2, 0.25) is 0 Å². The van der Waals surface area contributed by atoms with Crippen LogP contribution >= 0.6 is 0 Å². The summed E-state index contributed by atoms with van der Waals surface area (Å²) in [5.41, 5.74) is 7.95. The third-order valence-electron chi connectivity index (χ3n) is 3.04. The molecule has 1 aromatic carbocycles. The predicted molar refractivity (Wildman–Crippen MR) is 76.8 cm³/mol. The lowest BCUT2D eigenvalue weighted by atomic mass is 10.1. The molecule has 0 atom stereocenters. The first kappa shape index (κ1) is 14.1. The van der Waals surface area contributed by atoms with Crippen molar-refractivity contribution in [2.45, 2.75) is 20.4 Å². The molecule has 4 N–H and O–H groups in total. The molecule has 0 fully saturated rings. The molecule has 2 aromatic rings. The number of nitrogens with two attached hydrogens (primary N) is 1. The molecular weight excluding hydrogens is 256 g/mol. The van der Waals surface area contributed by atoms with Crippen LogP contribution in [0.25, 0.3) is 0 Å². The molecule has 0 radical (unpaired) electrons. The highest BCUT2D eigenvalue weighted by molar-refractivity contribution is 6.03. The second-order valence-corrected chi connectivity index (χ2v) is 4.69. The summed E-state index contributed by atoms with van der Waals surface area (Å²) in [6.45, 7) is 4.72. The maximum absolute atomic E-state index is 12.1. The van der Waals surface area contributed by atoms with Gasteiger partial charge in [-0.15, -0.1) is 0 Å². The molecule has 1 aromatic heterocycles. The maximum atomic E-state index is 12.1. The van der Waals surface area contributed by atoms with Crippen molar-refractivity contribution in [1.29, 1.82) is 0 Å². The molecule has 1 heterocycles. The first-order chi connectivity index (χ1) is 9.51. The van der Waals surface area contributed by atoms with E-state index in [2.05, 4.69) is 10.3 Å². The number of hydrogen-bond acceptors (Lipinski definition) is 4. The number of benzene rings is 1. The highest BCUT2D eigenvalue weighted by Crippen LogP contribution is 2.25. The van der Waals surface area contributed by atoms with Crippen LogP contribution in [-0.4, -0.2) is 27.1 Å². The Balaban J connectivity index is 2.16. The summed E-state index contributed by atoms with van der Waals surface area (Å²) in [6.07, 6.45) is 3.24. The Kier molecular flexibility index (Phi) is 4.05. The number of phenols is 1. The Bertz CT molecular complexity index is 634. The van der Waals surface area contributed by atoms with Gasteiger partial charge < -0.3 is 20.7 Å². The Hall–Kier alpha value is -2.34. The molecule has 0 spiro atoms. The van der Waals surface area contributed by atoms with Gasteiger partial charge in [-0.1, -0.05) is 0 Å². The molecule has 1 amide bonds. The number of aryl methyl sites for hydroxylation is 2. The number of anilines is 1. The van der Waals surface area contributed by atoms with E-state index < -0.39 is 0 Å². The van der Waals surface area contributed by atoms with Crippen LogP contribution in [0.3, 0.4) is 0 Å². The van der Waals surface area contributed by atoms with Crippen molar-refractivity contribution in [2.75, 3.05) is 11.9 Å². The molecule has 0 aliphatic heterocycles. The zero-order valence-corrected chi connectivity index (χ0v) is 11.6. The molecule has 6 heteroatoms. The van der Waals surface area contributed by atoms with Gasteiger partial charge in [-0.3, -0.25) is 4.79 Å². The summed E-state index contributed by atoms with van der Waals surface area (Å²) in [5.74, 6) is -0.0679. The Morgan fingerprint density at radius 2 is 2.15 bits per heavy atom.